The monoisotopic (exact) mass is 524 g/mol. The van der Waals surface area contributed by atoms with Crippen molar-refractivity contribution < 1.29 is 18.4 Å². The maximum Gasteiger partial charge on any atom is -0.147 e. The van der Waals surface area contributed by atoms with Crippen LogP contribution in [0.2, 0.25) is 10.1 Å². The molecule has 0 saturated carbocycles. The van der Waals surface area contributed by atoms with E-state index in [9.17, 15) is 0 Å². The SMILES string of the molecule is CC1=C(C)C(C)[C]([Ti][Si](c2cc(C)cc(C)c2)(C(C)(C)C)C(C)(C)C)=C1C.Cl.Cl.Cl. The third kappa shape index (κ3) is 5.70. The Labute approximate surface area is 214 Å². The van der Waals surface area contributed by atoms with Crippen molar-refractivity contribution in [1.29, 1.82) is 0 Å². The Morgan fingerprint density at radius 2 is 1.10 bits per heavy atom. The van der Waals surface area contributed by atoms with Crippen LogP contribution in [-0.2, 0) is 18.4 Å². The predicted octanol–water partition coefficient (Wildman–Crippen LogP) is 8.66. The van der Waals surface area contributed by atoms with Crippen molar-refractivity contribution in [3.8, 4) is 0 Å². The molecule has 0 bridgehead atoms. The van der Waals surface area contributed by atoms with Crippen LogP contribution in [0, 0.1) is 19.8 Å². The van der Waals surface area contributed by atoms with Gasteiger partial charge < -0.3 is 0 Å². The second-order valence-electron chi connectivity index (χ2n) is 10.8. The van der Waals surface area contributed by atoms with E-state index in [0.717, 1.165) is 0 Å². The zero-order chi connectivity index (χ0) is 20.9. The topological polar surface area (TPSA) is 0 Å². The Bertz CT molecular complexity index is 776. The van der Waals surface area contributed by atoms with Gasteiger partial charge in [0.1, 0.15) is 0 Å². The summed E-state index contributed by atoms with van der Waals surface area (Å²) in [5, 5.41) is 2.38. The van der Waals surface area contributed by atoms with E-state index in [-0.39, 0.29) is 55.6 Å². The van der Waals surface area contributed by atoms with Crippen molar-refractivity contribution >= 4 is 48.3 Å². The Morgan fingerprint density at radius 1 is 0.700 bits per heavy atom. The van der Waals surface area contributed by atoms with Crippen molar-refractivity contribution in [3.63, 3.8) is 0 Å². The largest absolute Gasteiger partial charge is 0.147 e. The van der Waals surface area contributed by atoms with E-state index in [1.807, 2.05) is 3.88 Å². The molecule has 1 unspecified atom stereocenters. The molecular weight excluding hydrogens is 483 g/mol. The molecule has 1 aliphatic carbocycles. The van der Waals surface area contributed by atoms with Gasteiger partial charge in [-0.25, -0.2) is 0 Å². The number of aryl methyl sites for hydroxylation is 2. The Kier molecular flexibility index (Phi) is 12.1. The maximum atomic E-state index is 2.54. The van der Waals surface area contributed by atoms with Gasteiger partial charge in [-0.05, 0) is 0 Å². The number of benzene rings is 1. The van der Waals surface area contributed by atoms with Crippen molar-refractivity contribution in [3.05, 3.63) is 49.9 Å². The molecule has 0 fully saturated rings. The molecule has 0 saturated heterocycles. The maximum absolute atomic E-state index is 2.54. The van der Waals surface area contributed by atoms with E-state index in [1.54, 1.807) is 21.9 Å². The van der Waals surface area contributed by atoms with Crippen LogP contribution < -0.4 is 5.19 Å². The fourth-order valence-corrected chi connectivity index (χ4v) is 21.3. The summed E-state index contributed by atoms with van der Waals surface area (Å²) >= 11 is -0.256. The normalized spacial score (nSPS) is 17.3. The molecule has 1 aromatic rings. The van der Waals surface area contributed by atoms with Gasteiger partial charge in [-0.15, -0.1) is 37.2 Å². The van der Waals surface area contributed by atoms with Crippen LogP contribution in [0.4, 0.5) is 0 Å². The minimum Gasteiger partial charge on any atom is -0.147 e. The van der Waals surface area contributed by atoms with Gasteiger partial charge in [0.2, 0.25) is 0 Å². The molecule has 0 spiro atoms. The fraction of sp³-hybridized carbons (Fsp3) is 0.600. The molecule has 0 heterocycles. The van der Waals surface area contributed by atoms with Crippen LogP contribution in [0.25, 0.3) is 0 Å². The molecule has 0 aliphatic heterocycles. The van der Waals surface area contributed by atoms with Gasteiger partial charge in [0.25, 0.3) is 0 Å². The Hall–Kier alpha value is 0.501. The van der Waals surface area contributed by atoms with E-state index >= 15 is 0 Å². The molecule has 0 radical (unpaired) electrons. The number of rotatable bonds is 3. The average molecular weight is 526 g/mol. The van der Waals surface area contributed by atoms with E-state index in [2.05, 4.69) is 101 Å². The first kappa shape index (κ1) is 32.7. The van der Waals surface area contributed by atoms with Gasteiger partial charge in [0, 0.05) is 0 Å². The summed E-state index contributed by atoms with van der Waals surface area (Å²) < 4.78 is 1.83. The van der Waals surface area contributed by atoms with Crippen molar-refractivity contribution in [2.75, 3.05) is 0 Å². The van der Waals surface area contributed by atoms with Crippen molar-refractivity contribution in [1.82, 2.24) is 0 Å². The van der Waals surface area contributed by atoms with E-state index in [1.165, 1.54) is 11.1 Å². The van der Waals surface area contributed by atoms with Crippen LogP contribution in [0.3, 0.4) is 0 Å². The average Bonchev–Trinajstić information content (AvgIpc) is 2.65. The summed E-state index contributed by atoms with van der Waals surface area (Å²) in [7, 11) is 0. The van der Waals surface area contributed by atoms with E-state index in [0.29, 0.717) is 16.0 Å². The Morgan fingerprint density at radius 3 is 1.40 bits per heavy atom. The van der Waals surface area contributed by atoms with Crippen LogP contribution in [0.5, 0.6) is 0 Å². The molecular formula is C25H43Cl3SiTi. The zero-order valence-corrected chi connectivity index (χ0v) is 26.0. The molecule has 1 aliphatic rings. The van der Waals surface area contributed by atoms with Crippen LogP contribution in [0.15, 0.2) is 38.8 Å². The van der Waals surface area contributed by atoms with Crippen LogP contribution >= 0.6 is 37.2 Å². The summed E-state index contributed by atoms with van der Waals surface area (Å²) in [4.78, 5) is 0. The minimum absolute atomic E-state index is 0. The third-order valence-electron chi connectivity index (χ3n) is 6.87. The van der Waals surface area contributed by atoms with E-state index in [4.69, 9.17) is 0 Å². The second kappa shape index (κ2) is 11.1. The number of hydrogen-bond acceptors (Lipinski definition) is 0. The van der Waals surface area contributed by atoms with Crippen molar-refractivity contribution in [2.45, 2.75) is 93.2 Å². The molecule has 0 N–H and O–H groups in total. The van der Waals surface area contributed by atoms with Gasteiger partial charge in [-0.1, -0.05) is 0 Å². The van der Waals surface area contributed by atoms with Gasteiger partial charge in [-0.2, -0.15) is 0 Å². The Balaban J connectivity index is 0. The summed E-state index contributed by atoms with van der Waals surface area (Å²) in [5.41, 5.74) is 7.65. The summed E-state index contributed by atoms with van der Waals surface area (Å²) in [6, 6.07) is 7.43. The number of hydrogen-bond donors (Lipinski definition) is 0. The molecule has 1 atom stereocenters. The second-order valence-corrected chi connectivity index (χ2v) is 21.7. The molecule has 1 aromatic carbocycles. The summed E-state index contributed by atoms with van der Waals surface area (Å²) in [6.45, 7) is 29.3. The summed E-state index contributed by atoms with van der Waals surface area (Å²) in [6.07, 6.45) is 0. The smallest absolute Gasteiger partial charge is 0.147 e. The third-order valence-corrected chi connectivity index (χ3v) is 25.8. The quantitative estimate of drug-likeness (QED) is 0.346. The van der Waals surface area contributed by atoms with Crippen LogP contribution in [0.1, 0.15) is 80.4 Å². The molecule has 30 heavy (non-hydrogen) atoms. The number of allylic oxidation sites excluding steroid dienone is 4. The van der Waals surface area contributed by atoms with Gasteiger partial charge in [0.15, 0.2) is 0 Å². The minimum atomic E-state index is -1.80. The van der Waals surface area contributed by atoms with Crippen molar-refractivity contribution in [2.24, 2.45) is 5.92 Å². The predicted molar refractivity (Wildman–Crippen MR) is 143 cm³/mol. The van der Waals surface area contributed by atoms with Gasteiger partial charge >= 0.3 is 179 Å². The molecule has 5 heteroatoms. The molecule has 2 rings (SSSR count). The first-order chi connectivity index (χ1) is 12.1. The standard InChI is InChI=1S/C16H27Si.C9H13.3ClH.Ti/c1-12-9-13(2)11-14(10-12)17(15(3,4)5)16(6,7)8;1-6-5-7(2)9(4)8(6)3;;;;/h9-11H,1-8H3;6H,1-4H3;3*1H;. The van der Waals surface area contributed by atoms with Gasteiger partial charge in [-0.3, -0.25) is 0 Å². The molecule has 172 valence electrons. The van der Waals surface area contributed by atoms with Gasteiger partial charge in [0.05, 0.1) is 0 Å². The van der Waals surface area contributed by atoms with E-state index < -0.39 is 5.94 Å². The first-order valence-corrected chi connectivity index (χ1v) is 15.5. The summed E-state index contributed by atoms with van der Waals surface area (Å²) in [5.74, 6) is -1.16. The zero-order valence-electron chi connectivity index (χ0n) is 21.0. The molecule has 0 nitrogen and oxygen atoms in total. The first-order valence-electron chi connectivity index (χ1n) is 10.4. The van der Waals surface area contributed by atoms with Crippen LogP contribution in [-0.4, -0.2) is 5.94 Å². The fourth-order valence-electron chi connectivity index (χ4n) is 5.40. The number of halogens is 3. The molecule has 0 aromatic heterocycles. The molecule has 0 amide bonds.